The largest absolute Gasteiger partial charge is 0.340 e. The summed E-state index contributed by atoms with van der Waals surface area (Å²) in [6.07, 6.45) is 0. The molecule has 5 heteroatoms. The van der Waals surface area contributed by atoms with Crippen LogP contribution in [0, 0.1) is 5.41 Å². The zero-order valence-corrected chi connectivity index (χ0v) is 12.0. The summed E-state index contributed by atoms with van der Waals surface area (Å²) in [6.45, 7) is 8.88. The standard InChI is InChI=1S/C12H21N3OS/c1-8(13)10-14-9(6-17-10)11(16)15(5)7-12(2,3)4/h6,8H,7,13H2,1-5H3. The van der Waals surface area contributed by atoms with Crippen LogP contribution < -0.4 is 5.73 Å². The molecule has 0 spiro atoms. The first-order valence-corrected chi connectivity index (χ1v) is 6.55. The van der Waals surface area contributed by atoms with Crippen LogP contribution in [0.2, 0.25) is 0 Å². The van der Waals surface area contributed by atoms with Crippen molar-refractivity contribution in [3.05, 3.63) is 16.1 Å². The number of rotatable bonds is 3. The van der Waals surface area contributed by atoms with Crippen molar-refractivity contribution in [1.29, 1.82) is 0 Å². The van der Waals surface area contributed by atoms with E-state index in [2.05, 4.69) is 25.8 Å². The van der Waals surface area contributed by atoms with Crippen LogP contribution in [0.3, 0.4) is 0 Å². The van der Waals surface area contributed by atoms with Gasteiger partial charge in [0.1, 0.15) is 10.7 Å². The van der Waals surface area contributed by atoms with Crippen molar-refractivity contribution < 1.29 is 4.79 Å². The predicted octanol–water partition coefficient (Wildman–Crippen LogP) is 2.28. The van der Waals surface area contributed by atoms with Gasteiger partial charge in [0, 0.05) is 19.0 Å². The van der Waals surface area contributed by atoms with Gasteiger partial charge in [0.2, 0.25) is 0 Å². The Hall–Kier alpha value is -0.940. The maximum absolute atomic E-state index is 12.1. The van der Waals surface area contributed by atoms with Crippen molar-refractivity contribution in [2.75, 3.05) is 13.6 Å². The summed E-state index contributed by atoms with van der Waals surface area (Å²) in [5.74, 6) is -0.0388. The van der Waals surface area contributed by atoms with Gasteiger partial charge in [0.25, 0.3) is 5.91 Å². The zero-order valence-electron chi connectivity index (χ0n) is 11.2. The molecule has 0 aliphatic carbocycles. The van der Waals surface area contributed by atoms with Crippen LogP contribution in [0.5, 0.6) is 0 Å². The minimum Gasteiger partial charge on any atom is -0.340 e. The quantitative estimate of drug-likeness (QED) is 0.901. The van der Waals surface area contributed by atoms with E-state index in [1.165, 1.54) is 11.3 Å². The van der Waals surface area contributed by atoms with Gasteiger partial charge in [-0.3, -0.25) is 4.79 Å². The third-order valence-corrected chi connectivity index (χ3v) is 3.23. The number of hydrogen-bond donors (Lipinski definition) is 1. The Balaban J connectivity index is 2.75. The summed E-state index contributed by atoms with van der Waals surface area (Å²) in [7, 11) is 1.80. The van der Waals surface area contributed by atoms with Gasteiger partial charge in [-0.2, -0.15) is 0 Å². The molecule has 0 bridgehead atoms. The molecule has 0 aliphatic rings. The Morgan fingerprint density at radius 2 is 2.18 bits per heavy atom. The van der Waals surface area contributed by atoms with Crippen LogP contribution in [0.4, 0.5) is 0 Å². The summed E-state index contributed by atoms with van der Waals surface area (Å²) >= 11 is 1.44. The average Bonchev–Trinajstić information content (AvgIpc) is 2.62. The number of thiazole rings is 1. The highest BCUT2D eigenvalue weighted by molar-refractivity contribution is 7.09. The highest BCUT2D eigenvalue weighted by Crippen LogP contribution is 2.19. The van der Waals surface area contributed by atoms with E-state index in [1.54, 1.807) is 17.3 Å². The molecule has 0 aliphatic heterocycles. The molecule has 1 atom stereocenters. The molecular formula is C12H21N3OS. The molecule has 1 aromatic rings. The summed E-state index contributed by atoms with van der Waals surface area (Å²) in [5, 5.41) is 2.58. The van der Waals surface area contributed by atoms with E-state index < -0.39 is 0 Å². The van der Waals surface area contributed by atoms with Gasteiger partial charge >= 0.3 is 0 Å². The van der Waals surface area contributed by atoms with Crippen LogP contribution in [0.15, 0.2) is 5.38 Å². The minimum absolute atomic E-state index is 0.0388. The van der Waals surface area contributed by atoms with Gasteiger partial charge in [-0.15, -0.1) is 11.3 Å². The van der Waals surface area contributed by atoms with E-state index in [0.717, 1.165) is 5.01 Å². The van der Waals surface area contributed by atoms with Gasteiger partial charge in [-0.05, 0) is 12.3 Å². The normalized spacial score (nSPS) is 13.5. The van der Waals surface area contributed by atoms with Crippen molar-refractivity contribution in [2.24, 2.45) is 11.1 Å². The fourth-order valence-corrected chi connectivity index (χ4v) is 2.33. The van der Waals surface area contributed by atoms with Crippen molar-refractivity contribution in [2.45, 2.75) is 33.7 Å². The number of nitrogens with two attached hydrogens (primary N) is 1. The molecule has 1 rings (SSSR count). The lowest BCUT2D eigenvalue weighted by Gasteiger charge is -2.26. The van der Waals surface area contributed by atoms with Gasteiger partial charge in [-0.25, -0.2) is 4.98 Å². The molecule has 2 N–H and O–H groups in total. The van der Waals surface area contributed by atoms with E-state index >= 15 is 0 Å². The fourth-order valence-electron chi connectivity index (χ4n) is 1.57. The Labute approximate surface area is 107 Å². The molecule has 17 heavy (non-hydrogen) atoms. The van der Waals surface area contributed by atoms with Crippen molar-refractivity contribution >= 4 is 17.2 Å². The molecule has 1 amide bonds. The first-order valence-electron chi connectivity index (χ1n) is 5.67. The van der Waals surface area contributed by atoms with E-state index in [-0.39, 0.29) is 17.4 Å². The van der Waals surface area contributed by atoms with Gasteiger partial charge in [0.05, 0.1) is 6.04 Å². The second-order valence-electron chi connectivity index (χ2n) is 5.58. The summed E-state index contributed by atoms with van der Waals surface area (Å²) in [4.78, 5) is 18.1. The average molecular weight is 255 g/mol. The number of carbonyl (C=O) groups excluding carboxylic acids is 1. The monoisotopic (exact) mass is 255 g/mol. The van der Waals surface area contributed by atoms with Crippen molar-refractivity contribution in [3.63, 3.8) is 0 Å². The SMILES string of the molecule is CC(N)c1nc(C(=O)N(C)CC(C)(C)C)cs1. The van der Waals surface area contributed by atoms with E-state index in [1.807, 2.05) is 6.92 Å². The first kappa shape index (κ1) is 14.1. The topological polar surface area (TPSA) is 59.2 Å². The molecule has 0 saturated carbocycles. The summed E-state index contributed by atoms with van der Waals surface area (Å²) < 4.78 is 0. The van der Waals surface area contributed by atoms with Crippen molar-refractivity contribution in [3.8, 4) is 0 Å². The Kier molecular flexibility index (Phi) is 4.27. The van der Waals surface area contributed by atoms with E-state index in [0.29, 0.717) is 12.2 Å². The predicted molar refractivity (Wildman–Crippen MR) is 71.1 cm³/mol. The highest BCUT2D eigenvalue weighted by atomic mass is 32.1. The van der Waals surface area contributed by atoms with Crippen LogP contribution >= 0.6 is 11.3 Å². The number of nitrogens with zero attached hydrogens (tertiary/aromatic N) is 2. The summed E-state index contributed by atoms with van der Waals surface area (Å²) in [6, 6.07) is -0.116. The van der Waals surface area contributed by atoms with Crippen LogP contribution in [0.1, 0.15) is 49.2 Å². The molecule has 1 heterocycles. The second-order valence-corrected chi connectivity index (χ2v) is 6.47. The number of aromatic nitrogens is 1. The van der Waals surface area contributed by atoms with Gasteiger partial charge in [-0.1, -0.05) is 20.8 Å². The Bertz CT molecular complexity index is 393. The second kappa shape index (κ2) is 5.14. The third-order valence-electron chi connectivity index (χ3n) is 2.19. The van der Waals surface area contributed by atoms with E-state index in [4.69, 9.17) is 5.73 Å². The van der Waals surface area contributed by atoms with Crippen LogP contribution in [0.25, 0.3) is 0 Å². The maximum atomic E-state index is 12.1. The smallest absolute Gasteiger partial charge is 0.273 e. The molecular weight excluding hydrogens is 234 g/mol. The lowest BCUT2D eigenvalue weighted by Crippen LogP contribution is -2.34. The molecule has 0 saturated heterocycles. The summed E-state index contributed by atoms with van der Waals surface area (Å²) in [5.41, 5.74) is 6.31. The number of hydrogen-bond acceptors (Lipinski definition) is 4. The first-order chi connectivity index (χ1) is 7.70. The van der Waals surface area contributed by atoms with Crippen LogP contribution in [-0.2, 0) is 0 Å². The fraction of sp³-hybridized carbons (Fsp3) is 0.667. The number of amides is 1. The molecule has 0 aromatic carbocycles. The molecule has 4 nitrogen and oxygen atoms in total. The molecule has 0 radical (unpaired) electrons. The molecule has 1 aromatic heterocycles. The molecule has 96 valence electrons. The Morgan fingerprint density at radius 3 is 2.59 bits per heavy atom. The lowest BCUT2D eigenvalue weighted by molar-refractivity contribution is 0.0740. The molecule has 1 unspecified atom stereocenters. The third kappa shape index (κ3) is 4.09. The zero-order chi connectivity index (χ0) is 13.2. The van der Waals surface area contributed by atoms with E-state index in [9.17, 15) is 4.79 Å². The van der Waals surface area contributed by atoms with Crippen molar-refractivity contribution in [1.82, 2.24) is 9.88 Å². The molecule has 0 fully saturated rings. The Morgan fingerprint density at radius 1 is 1.59 bits per heavy atom. The maximum Gasteiger partial charge on any atom is 0.273 e. The van der Waals surface area contributed by atoms with Gasteiger partial charge < -0.3 is 10.6 Å². The lowest BCUT2D eigenvalue weighted by atomic mass is 9.96. The van der Waals surface area contributed by atoms with Gasteiger partial charge in [0.15, 0.2) is 0 Å². The highest BCUT2D eigenvalue weighted by Gasteiger charge is 2.21. The van der Waals surface area contributed by atoms with Crippen LogP contribution in [-0.4, -0.2) is 29.4 Å². The number of carbonyl (C=O) groups is 1. The minimum atomic E-state index is -0.116.